The third-order valence-corrected chi connectivity index (χ3v) is 2.50. The van der Waals surface area contributed by atoms with Crippen molar-refractivity contribution in [3.63, 3.8) is 0 Å². The first-order valence-electron chi connectivity index (χ1n) is 6.68. The lowest BCUT2D eigenvalue weighted by Gasteiger charge is -2.06. The molecule has 0 aromatic rings. The normalized spacial score (nSPS) is 11.1. The Kier molecular flexibility index (Phi) is 9.93. The molecule has 0 spiro atoms. The van der Waals surface area contributed by atoms with Crippen molar-refractivity contribution in [1.29, 1.82) is 0 Å². The first-order valence-corrected chi connectivity index (χ1v) is 6.68. The largest absolute Gasteiger partial charge is 0.458 e. The van der Waals surface area contributed by atoms with E-state index in [4.69, 9.17) is 4.74 Å². The molecule has 0 aliphatic rings. The molecule has 0 aliphatic heterocycles. The summed E-state index contributed by atoms with van der Waals surface area (Å²) in [5.41, 5.74) is 0.204. The monoisotopic (exact) mass is 252 g/mol. The number of Topliss-reactive ketones (excluding diaryl/α,β-unsaturated/α-hetero) is 1. The molecule has 0 atom stereocenters. The molecule has 0 radical (unpaired) electrons. The Morgan fingerprint density at radius 1 is 1.17 bits per heavy atom. The molecule has 3 nitrogen and oxygen atoms in total. The van der Waals surface area contributed by atoms with Crippen molar-refractivity contribution in [3.8, 4) is 0 Å². The molecule has 0 fully saturated rings. The second kappa shape index (κ2) is 10.8. The van der Waals surface area contributed by atoms with Gasteiger partial charge in [0.1, 0.15) is 6.61 Å². The summed E-state index contributed by atoms with van der Waals surface area (Å²) in [5, 5.41) is 0. The zero-order valence-corrected chi connectivity index (χ0v) is 11.5. The molecular formula is C15H24O3. The van der Waals surface area contributed by atoms with Crippen molar-refractivity contribution >= 4 is 11.8 Å². The molecule has 0 aromatic carbocycles. The van der Waals surface area contributed by atoms with Crippen LogP contribution >= 0.6 is 0 Å². The Bertz CT molecular complexity index is 303. The number of rotatable bonds is 10. The minimum atomic E-state index is -0.523. The summed E-state index contributed by atoms with van der Waals surface area (Å²) in [6.07, 6.45) is 8.13. The molecule has 0 unspecified atom stereocenters. The van der Waals surface area contributed by atoms with Gasteiger partial charge in [0.05, 0.1) is 5.57 Å². The van der Waals surface area contributed by atoms with Crippen molar-refractivity contribution in [3.05, 3.63) is 24.3 Å². The topological polar surface area (TPSA) is 43.4 Å². The van der Waals surface area contributed by atoms with Crippen LogP contribution in [0.5, 0.6) is 0 Å². The number of carbonyl (C=O) groups is 2. The predicted molar refractivity (Wildman–Crippen MR) is 73.3 cm³/mol. The van der Waals surface area contributed by atoms with E-state index in [9.17, 15) is 9.59 Å². The zero-order valence-electron chi connectivity index (χ0n) is 11.5. The van der Waals surface area contributed by atoms with Crippen LogP contribution in [0.25, 0.3) is 0 Å². The third-order valence-electron chi connectivity index (χ3n) is 2.50. The highest BCUT2D eigenvalue weighted by Gasteiger charge is 2.18. The molecule has 18 heavy (non-hydrogen) atoms. The molecule has 0 amide bonds. The number of allylic oxidation sites excluding steroid dienone is 1. The summed E-state index contributed by atoms with van der Waals surface area (Å²) in [6, 6.07) is 0. The number of hydrogen-bond acceptors (Lipinski definition) is 3. The summed E-state index contributed by atoms with van der Waals surface area (Å²) >= 11 is 0. The second-order valence-electron chi connectivity index (χ2n) is 4.17. The van der Waals surface area contributed by atoms with Crippen LogP contribution in [-0.4, -0.2) is 18.4 Å². The van der Waals surface area contributed by atoms with Gasteiger partial charge in [-0.15, -0.1) is 0 Å². The van der Waals surface area contributed by atoms with E-state index >= 15 is 0 Å². The standard InChI is InChI=1S/C15H24O3/c1-4-7-9-11-14(16)13(10-8-5-2)15(17)18-12-6-3/h6,10H,3-5,7-9,11-12H2,1-2H3/b13-10+. The smallest absolute Gasteiger partial charge is 0.341 e. The summed E-state index contributed by atoms with van der Waals surface area (Å²) < 4.78 is 4.93. The Hall–Kier alpha value is -1.38. The number of carbonyl (C=O) groups excluding carboxylic acids is 2. The van der Waals surface area contributed by atoms with Gasteiger partial charge in [0.15, 0.2) is 5.78 Å². The molecule has 0 rings (SSSR count). The minimum absolute atomic E-state index is 0.106. The Morgan fingerprint density at radius 2 is 1.89 bits per heavy atom. The van der Waals surface area contributed by atoms with Gasteiger partial charge in [-0.3, -0.25) is 4.79 Å². The van der Waals surface area contributed by atoms with Crippen LogP contribution in [0.3, 0.4) is 0 Å². The maximum Gasteiger partial charge on any atom is 0.341 e. The third kappa shape index (κ3) is 7.05. The van der Waals surface area contributed by atoms with E-state index in [1.54, 1.807) is 6.08 Å². The highest BCUT2D eigenvalue weighted by molar-refractivity contribution is 6.17. The molecular weight excluding hydrogens is 228 g/mol. The van der Waals surface area contributed by atoms with Gasteiger partial charge >= 0.3 is 5.97 Å². The van der Waals surface area contributed by atoms with Crippen LogP contribution in [0.1, 0.15) is 52.4 Å². The van der Waals surface area contributed by atoms with E-state index in [1.807, 2.05) is 6.92 Å². The Labute approximate surface area is 110 Å². The van der Waals surface area contributed by atoms with Gasteiger partial charge in [0.25, 0.3) is 0 Å². The highest BCUT2D eigenvalue weighted by Crippen LogP contribution is 2.10. The number of ketones is 1. The molecule has 0 bridgehead atoms. The van der Waals surface area contributed by atoms with Crippen molar-refractivity contribution in [1.82, 2.24) is 0 Å². The van der Waals surface area contributed by atoms with Crippen LogP contribution in [-0.2, 0) is 14.3 Å². The molecule has 0 aromatic heterocycles. The fourth-order valence-corrected chi connectivity index (χ4v) is 1.48. The van der Waals surface area contributed by atoms with E-state index in [0.717, 1.165) is 32.1 Å². The minimum Gasteiger partial charge on any atom is -0.458 e. The Balaban J connectivity index is 4.51. The summed E-state index contributed by atoms with van der Waals surface area (Å²) in [4.78, 5) is 23.7. The van der Waals surface area contributed by atoms with Crippen LogP contribution in [0.2, 0.25) is 0 Å². The van der Waals surface area contributed by atoms with Gasteiger partial charge in [-0.2, -0.15) is 0 Å². The first kappa shape index (κ1) is 16.6. The van der Waals surface area contributed by atoms with Crippen LogP contribution in [0, 0.1) is 0 Å². The van der Waals surface area contributed by atoms with Crippen LogP contribution in [0.4, 0.5) is 0 Å². The lowest BCUT2D eigenvalue weighted by Crippen LogP contribution is -2.16. The summed E-state index contributed by atoms with van der Waals surface area (Å²) in [6.45, 7) is 7.71. The second-order valence-corrected chi connectivity index (χ2v) is 4.17. The van der Waals surface area contributed by atoms with Crippen molar-refractivity contribution in [2.75, 3.05) is 6.61 Å². The van der Waals surface area contributed by atoms with Gasteiger partial charge < -0.3 is 4.74 Å². The number of ether oxygens (including phenoxy) is 1. The molecule has 0 saturated carbocycles. The van der Waals surface area contributed by atoms with Crippen LogP contribution in [0.15, 0.2) is 24.3 Å². The maximum atomic E-state index is 11.9. The highest BCUT2D eigenvalue weighted by atomic mass is 16.5. The number of unbranched alkanes of at least 4 members (excludes halogenated alkanes) is 3. The average molecular weight is 252 g/mol. The van der Waals surface area contributed by atoms with Crippen molar-refractivity contribution in [2.24, 2.45) is 0 Å². The van der Waals surface area contributed by atoms with E-state index < -0.39 is 5.97 Å². The number of hydrogen-bond donors (Lipinski definition) is 0. The lowest BCUT2D eigenvalue weighted by atomic mass is 10.0. The van der Waals surface area contributed by atoms with E-state index in [0.29, 0.717) is 6.42 Å². The molecule has 0 saturated heterocycles. The zero-order chi connectivity index (χ0) is 13.8. The fraction of sp³-hybridized carbons (Fsp3) is 0.600. The van der Waals surface area contributed by atoms with Gasteiger partial charge in [0, 0.05) is 6.42 Å². The van der Waals surface area contributed by atoms with E-state index in [1.165, 1.54) is 6.08 Å². The first-order chi connectivity index (χ1) is 8.67. The lowest BCUT2D eigenvalue weighted by molar-refractivity contribution is -0.139. The Morgan fingerprint density at radius 3 is 2.44 bits per heavy atom. The van der Waals surface area contributed by atoms with Gasteiger partial charge in [0.2, 0.25) is 0 Å². The summed E-state index contributed by atoms with van der Waals surface area (Å²) in [5.74, 6) is -0.629. The molecule has 102 valence electrons. The van der Waals surface area contributed by atoms with Crippen LogP contribution < -0.4 is 0 Å². The summed E-state index contributed by atoms with van der Waals surface area (Å²) in [7, 11) is 0. The number of esters is 1. The molecule has 0 aliphatic carbocycles. The van der Waals surface area contributed by atoms with Crippen molar-refractivity contribution < 1.29 is 14.3 Å². The maximum absolute atomic E-state index is 11.9. The molecule has 3 heteroatoms. The van der Waals surface area contributed by atoms with Gasteiger partial charge in [-0.1, -0.05) is 51.8 Å². The predicted octanol–water partition coefficient (Wildman–Crippen LogP) is 3.59. The SMILES string of the molecule is C=CCOC(=O)/C(=C/CCC)C(=O)CCCCC. The molecule has 0 N–H and O–H groups in total. The van der Waals surface area contributed by atoms with E-state index in [2.05, 4.69) is 13.5 Å². The van der Waals surface area contributed by atoms with Gasteiger partial charge in [-0.25, -0.2) is 4.79 Å². The van der Waals surface area contributed by atoms with Crippen molar-refractivity contribution in [2.45, 2.75) is 52.4 Å². The molecule has 0 heterocycles. The fourth-order valence-electron chi connectivity index (χ4n) is 1.48. The van der Waals surface area contributed by atoms with Gasteiger partial charge in [-0.05, 0) is 12.8 Å². The van der Waals surface area contributed by atoms with E-state index in [-0.39, 0.29) is 18.0 Å². The average Bonchev–Trinajstić information content (AvgIpc) is 2.37. The quantitative estimate of drug-likeness (QED) is 0.149.